The van der Waals surface area contributed by atoms with E-state index in [4.69, 9.17) is 0 Å². The minimum Gasteiger partial charge on any atom is -0.342 e. The van der Waals surface area contributed by atoms with Crippen LogP contribution in [0.2, 0.25) is 0 Å². The van der Waals surface area contributed by atoms with Gasteiger partial charge in [-0.3, -0.25) is 4.79 Å². The van der Waals surface area contributed by atoms with Crippen molar-refractivity contribution in [3.8, 4) is 0 Å². The molecule has 2 rings (SSSR count). The molecule has 0 atom stereocenters. The molecule has 1 heterocycles. The zero-order valence-corrected chi connectivity index (χ0v) is 11.7. The summed E-state index contributed by atoms with van der Waals surface area (Å²) in [6.07, 6.45) is 7.15. The lowest BCUT2D eigenvalue weighted by Crippen LogP contribution is -2.37. The monoisotopic (exact) mass is 237 g/mol. The second kappa shape index (κ2) is 4.99. The first kappa shape index (κ1) is 12.9. The third-order valence-electron chi connectivity index (χ3n) is 4.72. The van der Waals surface area contributed by atoms with Gasteiger partial charge in [-0.2, -0.15) is 0 Å². The lowest BCUT2D eigenvalue weighted by atomic mass is 9.69. The molecule has 17 heavy (non-hydrogen) atoms. The van der Waals surface area contributed by atoms with Crippen LogP contribution in [-0.2, 0) is 4.79 Å². The van der Waals surface area contributed by atoms with Crippen molar-refractivity contribution in [1.82, 2.24) is 4.90 Å². The summed E-state index contributed by atoms with van der Waals surface area (Å²) in [7, 11) is 0. The largest absolute Gasteiger partial charge is 0.342 e. The van der Waals surface area contributed by atoms with Crippen molar-refractivity contribution in [3.63, 3.8) is 0 Å². The van der Waals surface area contributed by atoms with Gasteiger partial charge in [0.1, 0.15) is 0 Å². The van der Waals surface area contributed by atoms with Gasteiger partial charge in [0.05, 0.1) is 0 Å². The zero-order valence-electron chi connectivity index (χ0n) is 11.7. The number of likely N-dealkylation sites (tertiary alicyclic amines) is 1. The van der Waals surface area contributed by atoms with Gasteiger partial charge in [-0.15, -0.1) is 0 Å². The Balaban J connectivity index is 1.84. The average Bonchev–Trinajstić information content (AvgIpc) is 2.80. The molecule has 0 aromatic rings. The summed E-state index contributed by atoms with van der Waals surface area (Å²) in [6, 6.07) is 0. The summed E-state index contributed by atoms with van der Waals surface area (Å²) >= 11 is 0. The topological polar surface area (TPSA) is 20.3 Å². The van der Waals surface area contributed by atoms with E-state index in [1.165, 1.54) is 25.7 Å². The normalized spacial score (nSPS) is 30.6. The number of carbonyl (C=O) groups is 1. The van der Waals surface area contributed by atoms with Gasteiger partial charge < -0.3 is 4.90 Å². The molecule has 0 bridgehead atoms. The van der Waals surface area contributed by atoms with Crippen LogP contribution in [-0.4, -0.2) is 23.9 Å². The van der Waals surface area contributed by atoms with Gasteiger partial charge in [0.15, 0.2) is 0 Å². The van der Waals surface area contributed by atoms with E-state index in [1.54, 1.807) is 0 Å². The molecule has 1 saturated carbocycles. The van der Waals surface area contributed by atoms with E-state index >= 15 is 0 Å². The van der Waals surface area contributed by atoms with Crippen molar-refractivity contribution in [2.75, 3.05) is 13.1 Å². The van der Waals surface area contributed by atoms with Crippen molar-refractivity contribution >= 4 is 5.91 Å². The third kappa shape index (κ3) is 3.02. The van der Waals surface area contributed by atoms with Gasteiger partial charge in [0.2, 0.25) is 5.91 Å². The van der Waals surface area contributed by atoms with Gasteiger partial charge >= 0.3 is 0 Å². The molecule has 0 spiro atoms. The Morgan fingerprint density at radius 2 is 1.53 bits per heavy atom. The first-order chi connectivity index (χ1) is 7.98. The minimum atomic E-state index is 0.340. The summed E-state index contributed by atoms with van der Waals surface area (Å²) < 4.78 is 0. The van der Waals surface area contributed by atoms with Gasteiger partial charge in [-0.25, -0.2) is 0 Å². The molecular formula is C15H27NO. The second-order valence-corrected chi connectivity index (χ2v) is 6.95. The Bertz CT molecular complexity index is 265. The molecule has 98 valence electrons. The fourth-order valence-corrected chi connectivity index (χ4v) is 3.40. The molecule has 2 heteroatoms. The highest BCUT2D eigenvalue weighted by molar-refractivity contribution is 5.79. The van der Waals surface area contributed by atoms with Crippen LogP contribution in [0.5, 0.6) is 0 Å². The maximum Gasteiger partial charge on any atom is 0.225 e. The fraction of sp³-hybridized carbons (Fsp3) is 0.933. The van der Waals surface area contributed by atoms with E-state index in [-0.39, 0.29) is 0 Å². The summed E-state index contributed by atoms with van der Waals surface area (Å²) in [5.74, 6) is 1.60. The molecule has 1 aliphatic heterocycles. The Hall–Kier alpha value is -0.530. The zero-order chi connectivity index (χ0) is 12.5. The molecule has 0 aromatic heterocycles. The molecular weight excluding hydrogens is 210 g/mol. The molecule has 0 aromatic carbocycles. The van der Waals surface area contributed by atoms with Crippen LogP contribution in [0, 0.1) is 17.3 Å². The number of nitrogens with zero attached hydrogens (tertiary/aromatic N) is 1. The van der Waals surface area contributed by atoms with Crippen LogP contribution in [0.15, 0.2) is 0 Å². The highest BCUT2D eigenvalue weighted by Crippen LogP contribution is 2.40. The first-order valence-corrected chi connectivity index (χ1v) is 7.27. The van der Waals surface area contributed by atoms with Gasteiger partial charge in [-0.05, 0) is 49.9 Å². The fourth-order valence-electron chi connectivity index (χ4n) is 3.40. The minimum absolute atomic E-state index is 0.340. The summed E-state index contributed by atoms with van der Waals surface area (Å²) in [5, 5.41) is 0. The molecule has 0 unspecified atom stereocenters. The molecule has 2 nitrogen and oxygen atoms in total. The molecule has 2 fully saturated rings. The number of hydrogen-bond acceptors (Lipinski definition) is 1. The van der Waals surface area contributed by atoms with Crippen molar-refractivity contribution in [1.29, 1.82) is 0 Å². The Labute approximate surface area is 106 Å². The van der Waals surface area contributed by atoms with E-state index in [1.807, 2.05) is 0 Å². The smallest absolute Gasteiger partial charge is 0.225 e. The average molecular weight is 237 g/mol. The number of carbonyl (C=O) groups excluding carboxylic acids is 1. The lowest BCUT2D eigenvalue weighted by molar-refractivity contribution is -0.136. The maximum atomic E-state index is 12.3. The summed E-state index contributed by atoms with van der Waals surface area (Å²) in [6.45, 7) is 9.02. The van der Waals surface area contributed by atoms with Crippen molar-refractivity contribution in [2.45, 2.75) is 59.3 Å². The highest BCUT2D eigenvalue weighted by Gasteiger charge is 2.34. The van der Waals surface area contributed by atoms with Crippen molar-refractivity contribution in [2.24, 2.45) is 17.3 Å². The standard InChI is InChI=1S/C15H27NO/c1-15(2,3)13-8-6-12(7-9-13)14(17)16-10-4-5-11-16/h12-13H,4-11H2,1-3H3. The van der Waals surface area contributed by atoms with Crippen molar-refractivity contribution < 1.29 is 4.79 Å². The van der Waals surface area contributed by atoms with Crippen LogP contribution < -0.4 is 0 Å². The summed E-state index contributed by atoms with van der Waals surface area (Å²) in [4.78, 5) is 14.4. The van der Waals surface area contributed by atoms with E-state index in [9.17, 15) is 4.79 Å². The SMILES string of the molecule is CC(C)(C)C1CCC(C(=O)N2CCCC2)CC1. The first-order valence-electron chi connectivity index (χ1n) is 7.27. The predicted molar refractivity (Wildman–Crippen MR) is 70.7 cm³/mol. The molecule has 0 N–H and O–H groups in total. The molecule has 1 aliphatic carbocycles. The number of amides is 1. The summed E-state index contributed by atoms with van der Waals surface area (Å²) in [5.41, 5.74) is 0.418. The van der Waals surface area contributed by atoms with Gasteiger partial charge in [0, 0.05) is 19.0 Å². The maximum absolute atomic E-state index is 12.3. The van der Waals surface area contributed by atoms with Crippen LogP contribution in [0.1, 0.15) is 59.3 Å². The van der Waals surface area contributed by atoms with Crippen LogP contribution in [0.25, 0.3) is 0 Å². The quantitative estimate of drug-likeness (QED) is 0.684. The second-order valence-electron chi connectivity index (χ2n) is 6.95. The predicted octanol–water partition coefficient (Wildman–Crippen LogP) is 3.46. The van der Waals surface area contributed by atoms with Crippen LogP contribution >= 0.6 is 0 Å². The van der Waals surface area contributed by atoms with E-state index < -0.39 is 0 Å². The molecule has 2 aliphatic rings. The third-order valence-corrected chi connectivity index (χ3v) is 4.72. The lowest BCUT2D eigenvalue weighted by Gasteiger charge is -2.37. The number of rotatable bonds is 1. The highest BCUT2D eigenvalue weighted by atomic mass is 16.2. The van der Waals surface area contributed by atoms with Crippen LogP contribution in [0.4, 0.5) is 0 Å². The van der Waals surface area contributed by atoms with Crippen LogP contribution in [0.3, 0.4) is 0 Å². The van der Waals surface area contributed by atoms with E-state index in [0.29, 0.717) is 17.2 Å². The molecule has 1 saturated heterocycles. The Morgan fingerprint density at radius 1 is 1.00 bits per heavy atom. The van der Waals surface area contributed by atoms with Crippen molar-refractivity contribution in [3.05, 3.63) is 0 Å². The molecule has 1 amide bonds. The Morgan fingerprint density at radius 3 is 2.00 bits per heavy atom. The van der Waals surface area contributed by atoms with Gasteiger partial charge in [-0.1, -0.05) is 20.8 Å². The van der Waals surface area contributed by atoms with E-state index in [0.717, 1.165) is 31.8 Å². The Kier molecular flexibility index (Phi) is 3.79. The number of hydrogen-bond donors (Lipinski definition) is 0. The molecule has 0 radical (unpaired) electrons. The van der Waals surface area contributed by atoms with Gasteiger partial charge in [0.25, 0.3) is 0 Å². The van der Waals surface area contributed by atoms with E-state index in [2.05, 4.69) is 25.7 Å².